The minimum atomic E-state index is 0.0113. The summed E-state index contributed by atoms with van der Waals surface area (Å²) in [5, 5.41) is 6.43. The number of hydrogen-bond donors (Lipinski definition) is 2. The molecule has 2 atom stereocenters. The fraction of sp³-hybridized carbons (Fsp3) is 0.500. The first-order chi connectivity index (χ1) is 8.74. The van der Waals surface area contributed by atoms with Crippen molar-refractivity contribution in [3.05, 3.63) is 23.8 Å². The highest BCUT2D eigenvalue weighted by molar-refractivity contribution is 8.00. The van der Waals surface area contributed by atoms with Gasteiger partial charge in [-0.25, -0.2) is 0 Å². The molecular formula is C14H18N2OS. The molecule has 4 heteroatoms. The Morgan fingerprint density at radius 1 is 1.39 bits per heavy atom. The van der Waals surface area contributed by atoms with Gasteiger partial charge < -0.3 is 10.6 Å². The first-order valence-electron chi connectivity index (χ1n) is 6.56. The van der Waals surface area contributed by atoms with E-state index < -0.39 is 0 Å². The highest BCUT2D eigenvalue weighted by Crippen LogP contribution is 2.38. The van der Waals surface area contributed by atoms with E-state index in [1.54, 1.807) is 11.8 Å². The topological polar surface area (TPSA) is 41.1 Å². The lowest BCUT2D eigenvalue weighted by Gasteiger charge is -2.26. The monoisotopic (exact) mass is 262 g/mol. The van der Waals surface area contributed by atoms with Gasteiger partial charge in [-0.3, -0.25) is 4.79 Å². The van der Waals surface area contributed by atoms with Crippen LogP contribution in [0.25, 0.3) is 0 Å². The lowest BCUT2D eigenvalue weighted by Crippen LogP contribution is -2.29. The average molecular weight is 262 g/mol. The summed E-state index contributed by atoms with van der Waals surface area (Å²) in [6, 6.07) is 6.47. The number of rotatable bonds is 1. The van der Waals surface area contributed by atoms with Crippen LogP contribution in [0.2, 0.25) is 0 Å². The highest BCUT2D eigenvalue weighted by Gasteiger charge is 2.24. The number of anilines is 1. The lowest BCUT2D eigenvalue weighted by atomic mass is 9.91. The van der Waals surface area contributed by atoms with E-state index in [4.69, 9.17) is 0 Å². The predicted octanol–water partition coefficient (Wildman–Crippen LogP) is 2.59. The molecule has 1 saturated heterocycles. The molecule has 0 radical (unpaired) electrons. The fourth-order valence-corrected chi connectivity index (χ4v) is 3.61. The SMILES string of the molecule is CC1Sc2cc(C3CCCNC3)ccc2NC1=O. The van der Waals surface area contributed by atoms with Crippen molar-refractivity contribution in [1.29, 1.82) is 0 Å². The molecule has 1 amide bonds. The summed E-state index contributed by atoms with van der Waals surface area (Å²) in [4.78, 5) is 12.8. The zero-order chi connectivity index (χ0) is 12.5. The summed E-state index contributed by atoms with van der Waals surface area (Å²) >= 11 is 1.67. The van der Waals surface area contributed by atoms with Crippen LogP contribution in [0.3, 0.4) is 0 Å². The van der Waals surface area contributed by atoms with Crippen molar-refractivity contribution in [2.45, 2.75) is 35.8 Å². The molecule has 2 aliphatic rings. The van der Waals surface area contributed by atoms with Crippen molar-refractivity contribution >= 4 is 23.4 Å². The molecule has 0 saturated carbocycles. The van der Waals surface area contributed by atoms with Crippen molar-refractivity contribution in [3.8, 4) is 0 Å². The first kappa shape index (κ1) is 12.1. The second kappa shape index (κ2) is 4.94. The van der Waals surface area contributed by atoms with Gasteiger partial charge in [0, 0.05) is 11.4 Å². The summed E-state index contributed by atoms with van der Waals surface area (Å²) in [7, 11) is 0. The zero-order valence-corrected chi connectivity index (χ0v) is 11.3. The Morgan fingerprint density at radius 2 is 2.28 bits per heavy atom. The fourth-order valence-electron chi connectivity index (χ4n) is 2.61. The predicted molar refractivity (Wildman–Crippen MR) is 75.2 cm³/mol. The number of thioether (sulfide) groups is 1. The number of hydrogen-bond acceptors (Lipinski definition) is 3. The molecule has 96 valence electrons. The van der Waals surface area contributed by atoms with Crippen LogP contribution >= 0.6 is 11.8 Å². The van der Waals surface area contributed by atoms with E-state index in [1.807, 2.05) is 6.92 Å². The molecule has 0 bridgehead atoms. The van der Waals surface area contributed by atoms with E-state index in [0.717, 1.165) is 18.8 Å². The maximum atomic E-state index is 11.6. The molecule has 0 aromatic heterocycles. The molecule has 1 aromatic rings. The van der Waals surface area contributed by atoms with Crippen LogP contribution < -0.4 is 10.6 Å². The smallest absolute Gasteiger partial charge is 0.237 e. The van der Waals surface area contributed by atoms with Gasteiger partial charge in [0.25, 0.3) is 0 Å². The van der Waals surface area contributed by atoms with Gasteiger partial charge in [-0.05, 0) is 49.9 Å². The van der Waals surface area contributed by atoms with Gasteiger partial charge >= 0.3 is 0 Å². The Balaban J connectivity index is 1.86. The van der Waals surface area contributed by atoms with Gasteiger partial charge in [-0.15, -0.1) is 11.8 Å². The van der Waals surface area contributed by atoms with Crippen molar-refractivity contribution in [1.82, 2.24) is 5.32 Å². The second-order valence-corrected chi connectivity index (χ2v) is 6.43. The average Bonchev–Trinajstić information content (AvgIpc) is 2.41. The van der Waals surface area contributed by atoms with Gasteiger partial charge in [0.15, 0.2) is 0 Å². The normalized spacial score (nSPS) is 27.5. The van der Waals surface area contributed by atoms with Crippen LogP contribution in [0.1, 0.15) is 31.2 Å². The molecule has 2 aliphatic heterocycles. The summed E-state index contributed by atoms with van der Waals surface area (Å²) in [6.07, 6.45) is 2.51. The molecule has 0 spiro atoms. The van der Waals surface area contributed by atoms with Gasteiger partial charge in [0.2, 0.25) is 5.91 Å². The quantitative estimate of drug-likeness (QED) is 0.817. The van der Waals surface area contributed by atoms with E-state index in [2.05, 4.69) is 28.8 Å². The number of piperidine rings is 1. The van der Waals surface area contributed by atoms with Gasteiger partial charge in [0.1, 0.15) is 0 Å². The van der Waals surface area contributed by atoms with Crippen LogP contribution in [0.4, 0.5) is 5.69 Å². The standard InChI is InChI=1S/C14H18N2OS/c1-9-14(17)16-12-5-4-10(7-13(12)18-9)11-3-2-6-15-8-11/h4-5,7,9,11,15H,2-3,6,8H2,1H3,(H,16,17). The number of amides is 1. The molecule has 2 N–H and O–H groups in total. The Labute approximate surface area is 112 Å². The molecule has 1 fully saturated rings. The van der Waals surface area contributed by atoms with E-state index >= 15 is 0 Å². The Kier molecular flexibility index (Phi) is 3.31. The molecular weight excluding hydrogens is 244 g/mol. The molecule has 0 aliphatic carbocycles. The summed E-state index contributed by atoms with van der Waals surface area (Å²) < 4.78 is 0. The highest BCUT2D eigenvalue weighted by atomic mass is 32.2. The van der Waals surface area contributed by atoms with Crippen molar-refractivity contribution in [2.24, 2.45) is 0 Å². The molecule has 1 aromatic carbocycles. The number of carbonyl (C=O) groups is 1. The van der Waals surface area contributed by atoms with Crippen molar-refractivity contribution in [3.63, 3.8) is 0 Å². The van der Waals surface area contributed by atoms with Gasteiger partial charge in [0.05, 0.1) is 10.9 Å². The second-order valence-electron chi connectivity index (χ2n) is 5.05. The zero-order valence-electron chi connectivity index (χ0n) is 10.5. The largest absolute Gasteiger partial charge is 0.324 e. The summed E-state index contributed by atoms with van der Waals surface area (Å²) in [6.45, 7) is 4.17. The molecule has 18 heavy (non-hydrogen) atoms. The number of nitrogens with one attached hydrogen (secondary N) is 2. The lowest BCUT2D eigenvalue weighted by molar-refractivity contribution is -0.115. The van der Waals surface area contributed by atoms with Crippen molar-refractivity contribution < 1.29 is 4.79 Å². The minimum Gasteiger partial charge on any atom is -0.324 e. The minimum absolute atomic E-state index is 0.0113. The third-order valence-corrected chi connectivity index (χ3v) is 4.86. The van der Waals surface area contributed by atoms with Crippen LogP contribution in [-0.2, 0) is 4.79 Å². The van der Waals surface area contributed by atoms with Crippen LogP contribution in [0.15, 0.2) is 23.1 Å². The van der Waals surface area contributed by atoms with E-state index in [1.165, 1.54) is 23.3 Å². The molecule has 3 nitrogen and oxygen atoms in total. The molecule has 3 rings (SSSR count). The van der Waals surface area contributed by atoms with Crippen LogP contribution in [-0.4, -0.2) is 24.2 Å². The van der Waals surface area contributed by atoms with Gasteiger partial charge in [-0.1, -0.05) is 6.07 Å². The van der Waals surface area contributed by atoms with Crippen LogP contribution in [0, 0.1) is 0 Å². The molecule has 2 heterocycles. The van der Waals surface area contributed by atoms with E-state index in [-0.39, 0.29) is 11.2 Å². The maximum absolute atomic E-state index is 11.6. The Morgan fingerprint density at radius 3 is 3.06 bits per heavy atom. The van der Waals surface area contributed by atoms with E-state index in [0.29, 0.717) is 5.92 Å². The Bertz CT molecular complexity index is 469. The first-order valence-corrected chi connectivity index (χ1v) is 7.44. The number of benzene rings is 1. The number of fused-ring (bicyclic) bond motifs is 1. The van der Waals surface area contributed by atoms with Crippen LogP contribution in [0.5, 0.6) is 0 Å². The summed E-state index contributed by atoms with van der Waals surface area (Å²) in [5.41, 5.74) is 2.37. The third-order valence-electron chi connectivity index (χ3n) is 3.70. The Hall–Kier alpha value is -1.00. The van der Waals surface area contributed by atoms with E-state index in [9.17, 15) is 4.79 Å². The van der Waals surface area contributed by atoms with Gasteiger partial charge in [-0.2, -0.15) is 0 Å². The maximum Gasteiger partial charge on any atom is 0.237 e. The third kappa shape index (κ3) is 2.27. The number of carbonyl (C=O) groups excluding carboxylic acids is 1. The van der Waals surface area contributed by atoms with Crippen molar-refractivity contribution in [2.75, 3.05) is 18.4 Å². The molecule has 2 unspecified atom stereocenters. The summed E-state index contributed by atoms with van der Waals surface area (Å²) in [5.74, 6) is 0.733.